The Morgan fingerprint density at radius 3 is 2.95 bits per heavy atom. The number of aryl methyl sites for hydroxylation is 1. The third-order valence-electron chi connectivity index (χ3n) is 3.11. The van der Waals surface area contributed by atoms with Crippen LogP contribution in [0.2, 0.25) is 0 Å². The molecule has 21 heavy (non-hydrogen) atoms. The van der Waals surface area contributed by atoms with E-state index in [2.05, 4.69) is 15.6 Å². The summed E-state index contributed by atoms with van der Waals surface area (Å²) in [5.74, 6) is 0. The number of nitrogens with one attached hydrogen (secondary N) is 2. The van der Waals surface area contributed by atoms with Crippen molar-refractivity contribution in [2.24, 2.45) is 0 Å². The topological polar surface area (TPSA) is 74.2 Å². The van der Waals surface area contributed by atoms with Crippen molar-refractivity contribution in [2.75, 3.05) is 5.32 Å². The van der Waals surface area contributed by atoms with Crippen molar-refractivity contribution in [1.82, 2.24) is 10.3 Å². The number of carbonyl (C=O) groups is 1. The number of pyridine rings is 1. The van der Waals surface area contributed by atoms with E-state index < -0.39 is 6.10 Å². The molecule has 6 heteroatoms. The molecule has 0 saturated carbocycles. The molecular weight excluding hydrogens is 286 g/mol. The molecule has 2 aromatic rings. The Labute approximate surface area is 128 Å². The van der Waals surface area contributed by atoms with Gasteiger partial charge in [-0.15, -0.1) is 11.3 Å². The van der Waals surface area contributed by atoms with E-state index >= 15 is 0 Å². The van der Waals surface area contributed by atoms with Crippen LogP contribution in [-0.2, 0) is 0 Å². The van der Waals surface area contributed by atoms with Crippen molar-refractivity contribution in [3.8, 4) is 0 Å². The molecule has 2 heterocycles. The summed E-state index contributed by atoms with van der Waals surface area (Å²) in [5.41, 5.74) is 1.63. The van der Waals surface area contributed by atoms with Crippen LogP contribution in [0.25, 0.3) is 0 Å². The molecule has 0 radical (unpaired) electrons. The van der Waals surface area contributed by atoms with Crippen LogP contribution < -0.4 is 10.6 Å². The maximum absolute atomic E-state index is 11.9. The molecule has 0 spiro atoms. The van der Waals surface area contributed by atoms with E-state index in [0.717, 1.165) is 10.4 Å². The molecule has 0 aliphatic heterocycles. The minimum absolute atomic E-state index is 0.140. The fourth-order valence-corrected chi connectivity index (χ4v) is 2.69. The maximum atomic E-state index is 11.9. The lowest BCUT2D eigenvalue weighted by molar-refractivity contribution is 0.158. The van der Waals surface area contributed by atoms with Crippen LogP contribution in [0.3, 0.4) is 0 Å². The van der Waals surface area contributed by atoms with E-state index in [0.29, 0.717) is 12.1 Å². The highest BCUT2D eigenvalue weighted by Crippen LogP contribution is 2.22. The standard InChI is InChI=1S/C15H19N3O2S/c1-10-5-6-16-9-12(10)18-15(20)17-11(2)8-13(19)14-4-3-7-21-14/h3-7,9,11,13,19H,8H2,1-2H3,(H2,17,18,20)/t11-,13-/m0/s1. The largest absolute Gasteiger partial charge is 0.387 e. The van der Waals surface area contributed by atoms with Gasteiger partial charge in [-0.25, -0.2) is 4.79 Å². The van der Waals surface area contributed by atoms with Crippen molar-refractivity contribution < 1.29 is 9.90 Å². The normalized spacial score (nSPS) is 13.5. The first-order valence-corrected chi connectivity index (χ1v) is 7.64. The molecule has 3 N–H and O–H groups in total. The number of aromatic nitrogens is 1. The molecule has 112 valence electrons. The number of amides is 2. The maximum Gasteiger partial charge on any atom is 0.319 e. The number of rotatable bonds is 5. The Morgan fingerprint density at radius 1 is 1.48 bits per heavy atom. The zero-order valence-electron chi connectivity index (χ0n) is 12.0. The molecule has 0 aliphatic carbocycles. The summed E-state index contributed by atoms with van der Waals surface area (Å²) in [6.07, 6.45) is 3.21. The van der Waals surface area contributed by atoms with E-state index in [1.807, 2.05) is 37.4 Å². The minimum atomic E-state index is -0.555. The van der Waals surface area contributed by atoms with Gasteiger partial charge < -0.3 is 15.7 Å². The van der Waals surface area contributed by atoms with Gasteiger partial charge in [-0.2, -0.15) is 0 Å². The predicted octanol–water partition coefficient (Wildman–Crippen LogP) is 3.09. The molecule has 0 bridgehead atoms. The molecule has 0 unspecified atom stereocenters. The number of nitrogens with zero attached hydrogens (tertiary/aromatic N) is 1. The predicted molar refractivity (Wildman–Crippen MR) is 84.5 cm³/mol. The Morgan fingerprint density at radius 2 is 2.29 bits per heavy atom. The van der Waals surface area contributed by atoms with Crippen LogP contribution in [0.15, 0.2) is 36.0 Å². The minimum Gasteiger partial charge on any atom is -0.387 e. The van der Waals surface area contributed by atoms with E-state index in [-0.39, 0.29) is 12.1 Å². The number of aliphatic hydroxyl groups is 1. The van der Waals surface area contributed by atoms with E-state index in [1.54, 1.807) is 12.4 Å². The molecule has 0 aliphatic rings. The van der Waals surface area contributed by atoms with Gasteiger partial charge >= 0.3 is 6.03 Å². The van der Waals surface area contributed by atoms with Crippen molar-refractivity contribution in [1.29, 1.82) is 0 Å². The number of carbonyl (C=O) groups excluding carboxylic acids is 1. The first-order valence-electron chi connectivity index (χ1n) is 6.76. The lowest BCUT2D eigenvalue weighted by Gasteiger charge is -2.18. The second-order valence-corrected chi connectivity index (χ2v) is 5.94. The lowest BCUT2D eigenvalue weighted by Crippen LogP contribution is -2.37. The van der Waals surface area contributed by atoms with Crippen LogP contribution in [0.5, 0.6) is 0 Å². The molecule has 2 atom stereocenters. The lowest BCUT2D eigenvalue weighted by atomic mass is 10.1. The Hall–Kier alpha value is -1.92. The number of anilines is 1. The third kappa shape index (κ3) is 4.54. The number of hydrogen-bond donors (Lipinski definition) is 3. The van der Waals surface area contributed by atoms with E-state index in [1.165, 1.54) is 11.3 Å². The average molecular weight is 305 g/mol. The molecule has 0 saturated heterocycles. The second-order valence-electron chi connectivity index (χ2n) is 4.96. The fraction of sp³-hybridized carbons (Fsp3) is 0.333. The van der Waals surface area contributed by atoms with Gasteiger partial charge in [0.1, 0.15) is 0 Å². The van der Waals surface area contributed by atoms with Crippen LogP contribution in [0.1, 0.15) is 29.9 Å². The summed E-state index contributed by atoms with van der Waals surface area (Å²) in [7, 11) is 0. The van der Waals surface area contributed by atoms with Crippen LogP contribution in [0, 0.1) is 6.92 Å². The van der Waals surface area contributed by atoms with Gasteiger partial charge in [-0.1, -0.05) is 6.07 Å². The molecule has 0 fully saturated rings. The quantitative estimate of drug-likeness (QED) is 0.794. The second kappa shape index (κ2) is 7.19. The SMILES string of the molecule is Cc1ccncc1NC(=O)N[C@@H](C)C[C@H](O)c1cccs1. The Bertz CT molecular complexity index is 586. The van der Waals surface area contributed by atoms with Gasteiger partial charge in [0.15, 0.2) is 0 Å². The van der Waals surface area contributed by atoms with Gasteiger partial charge in [0.25, 0.3) is 0 Å². The molecule has 2 aromatic heterocycles. The first-order chi connectivity index (χ1) is 10.1. The van der Waals surface area contributed by atoms with Crippen molar-refractivity contribution in [3.63, 3.8) is 0 Å². The number of hydrogen-bond acceptors (Lipinski definition) is 4. The zero-order chi connectivity index (χ0) is 15.2. The van der Waals surface area contributed by atoms with E-state index in [4.69, 9.17) is 0 Å². The first kappa shape index (κ1) is 15.5. The van der Waals surface area contributed by atoms with Crippen molar-refractivity contribution in [3.05, 3.63) is 46.4 Å². The van der Waals surface area contributed by atoms with Gasteiger partial charge in [0.05, 0.1) is 18.0 Å². The summed E-state index contributed by atoms with van der Waals surface area (Å²) in [4.78, 5) is 16.8. The molecular formula is C15H19N3O2S. The summed E-state index contributed by atoms with van der Waals surface area (Å²) < 4.78 is 0. The monoisotopic (exact) mass is 305 g/mol. The van der Waals surface area contributed by atoms with Gasteiger partial charge in [0.2, 0.25) is 0 Å². The Kier molecular flexibility index (Phi) is 5.30. The van der Waals surface area contributed by atoms with Crippen LogP contribution in [-0.4, -0.2) is 22.2 Å². The molecule has 0 aromatic carbocycles. The fourth-order valence-electron chi connectivity index (χ4n) is 1.97. The van der Waals surface area contributed by atoms with Crippen LogP contribution >= 0.6 is 11.3 Å². The molecule has 2 amide bonds. The molecule has 5 nitrogen and oxygen atoms in total. The van der Waals surface area contributed by atoms with Crippen molar-refractivity contribution in [2.45, 2.75) is 32.4 Å². The highest BCUT2D eigenvalue weighted by molar-refractivity contribution is 7.10. The summed E-state index contributed by atoms with van der Waals surface area (Å²) in [6, 6.07) is 5.19. The van der Waals surface area contributed by atoms with Gasteiger partial charge in [-0.05, 0) is 43.3 Å². The highest BCUT2D eigenvalue weighted by Gasteiger charge is 2.15. The van der Waals surface area contributed by atoms with Crippen LogP contribution in [0.4, 0.5) is 10.5 Å². The summed E-state index contributed by atoms with van der Waals surface area (Å²) in [6.45, 7) is 3.77. The highest BCUT2D eigenvalue weighted by atomic mass is 32.1. The van der Waals surface area contributed by atoms with Gasteiger partial charge in [-0.3, -0.25) is 4.98 Å². The third-order valence-corrected chi connectivity index (χ3v) is 4.09. The Balaban J connectivity index is 1.83. The van der Waals surface area contributed by atoms with E-state index in [9.17, 15) is 9.90 Å². The number of urea groups is 1. The zero-order valence-corrected chi connectivity index (χ0v) is 12.9. The summed E-state index contributed by atoms with van der Waals surface area (Å²) in [5, 5.41) is 17.6. The average Bonchev–Trinajstić information content (AvgIpc) is 2.95. The smallest absolute Gasteiger partial charge is 0.319 e. The van der Waals surface area contributed by atoms with Gasteiger partial charge in [0, 0.05) is 17.1 Å². The summed E-state index contributed by atoms with van der Waals surface area (Å²) >= 11 is 1.51. The number of aliphatic hydroxyl groups excluding tert-OH is 1. The van der Waals surface area contributed by atoms with Crippen molar-refractivity contribution >= 4 is 23.1 Å². The number of thiophene rings is 1. The molecule has 2 rings (SSSR count).